The van der Waals surface area contributed by atoms with Crippen molar-refractivity contribution in [1.82, 2.24) is 0 Å². The number of hydrogen-bond acceptors (Lipinski definition) is 17. The molecule has 2 amide bonds. The number of fused-ring (bicyclic) bond motifs is 4. The third-order valence-corrected chi connectivity index (χ3v) is 13.2. The molecule has 0 aromatic heterocycles. The van der Waals surface area contributed by atoms with Gasteiger partial charge in [0.15, 0.2) is 0 Å². The summed E-state index contributed by atoms with van der Waals surface area (Å²) in [4.78, 5) is 10.4. The Morgan fingerprint density at radius 3 is 1.11 bits per heavy atom. The largest absolute Gasteiger partial charge is 1.00 e. The Balaban J connectivity index is 0.00000266. The maximum Gasteiger partial charge on any atom is 1.00 e. The van der Waals surface area contributed by atoms with Crippen molar-refractivity contribution in [2.24, 2.45) is 20.5 Å². The van der Waals surface area contributed by atoms with Crippen LogP contribution in [-0.2, 0) is 40.5 Å². The Bertz CT molecular complexity index is 3710. The van der Waals surface area contributed by atoms with Gasteiger partial charge in [-0.3, -0.25) is 9.11 Å². The maximum atomic E-state index is 13.5. The molecule has 4 N–H and O–H groups in total. The molecule has 0 aliphatic carbocycles. The summed E-state index contributed by atoms with van der Waals surface area (Å²) in [5, 5.41) is 48.8. The molecule has 0 bridgehead atoms. The molecule has 21 nitrogen and oxygen atoms in total. The van der Waals surface area contributed by atoms with Crippen molar-refractivity contribution in [3.63, 3.8) is 0 Å². The van der Waals surface area contributed by atoms with Crippen LogP contribution in [-0.4, -0.2) is 57.9 Å². The first kappa shape index (κ1) is 57.5. The van der Waals surface area contributed by atoms with E-state index in [0.717, 1.165) is 36.4 Å². The molecule has 0 saturated heterocycles. The Labute approximate surface area is 445 Å². The van der Waals surface area contributed by atoms with Gasteiger partial charge in [0, 0.05) is 11.4 Å². The molecule has 8 rings (SSSR count). The first-order valence-electron chi connectivity index (χ1n) is 18.3. The SMILES string of the molecule is O=C(Nc1ccc2c([O-])c(N=Nc3ccc4cc(S(=O)(=O)[O-])ccc4c3)c(S(=O)(=O)O)cc2c1)Nc1ccc2c([O-])c(N=Nc3ccc4cc(S(=O)(=O)[O-])ccc4c3)c(S(=O)(=O)O)cc2c1.[Li+].[Li+].[Li+].[Li+]. The molecule has 8 aromatic rings. The number of carbonyl (C=O) groups is 1. The first-order valence-corrected chi connectivity index (χ1v) is 24.0. The summed E-state index contributed by atoms with van der Waals surface area (Å²) in [6.07, 6.45) is 0. The fraction of sp³-hybridized carbons (Fsp3) is 0. The van der Waals surface area contributed by atoms with Gasteiger partial charge in [0.1, 0.15) is 30.0 Å². The Morgan fingerprint density at radius 1 is 0.429 bits per heavy atom. The number of amides is 2. The molecule has 0 heterocycles. The van der Waals surface area contributed by atoms with Crippen LogP contribution in [0, 0.1) is 0 Å². The van der Waals surface area contributed by atoms with Crippen molar-refractivity contribution >= 4 is 124 Å². The second-order valence-corrected chi connectivity index (χ2v) is 19.7. The van der Waals surface area contributed by atoms with Crippen LogP contribution < -0.4 is 96.3 Å². The molecule has 0 saturated carbocycles. The summed E-state index contributed by atoms with van der Waals surface area (Å²) in [6.45, 7) is 0. The minimum atomic E-state index is -5.10. The van der Waals surface area contributed by atoms with E-state index in [9.17, 15) is 66.9 Å². The molecule has 70 heavy (non-hydrogen) atoms. The van der Waals surface area contributed by atoms with Gasteiger partial charge < -0.3 is 30.0 Å². The zero-order chi connectivity index (χ0) is 47.5. The fourth-order valence-corrected chi connectivity index (χ4v) is 9.10. The third-order valence-electron chi connectivity index (χ3n) is 9.83. The standard InChI is InChI=1S/C41H28N6O15S4.4Li/c48-39-33-11-7-27(15-25(33)19-35(65(57,58)59)37(39)46-44-29-5-1-23-17-31(63(51,52)53)9-3-21(23)13-29)42-41(50)43-28-8-12-34-26(16-28)20-36(66(60,61)62)38(40(34)49)47-45-30-6-2-24-18-32(64(54,55)56)10-4-22(24)14-30;;;;/h1-20,48-49H,(H2,42,43,50)(H,51,52,53)(H,54,55,56)(H,57,58,59)(H,60,61,62);;;;/q;4*+1/p-4. The van der Waals surface area contributed by atoms with Crippen molar-refractivity contribution in [3.05, 3.63) is 121 Å². The molecule has 0 fully saturated rings. The van der Waals surface area contributed by atoms with Crippen LogP contribution in [0.15, 0.2) is 161 Å². The van der Waals surface area contributed by atoms with E-state index in [-0.39, 0.29) is 120 Å². The van der Waals surface area contributed by atoms with Crippen molar-refractivity contribution in [3.8, 4) is 11.5 Å². The summed E-state index contributed by atoms with van der Waals surface area (Å²) in [5.74, 6) is -1.92. The first-order chi connectivity index (χ1) is 30.9. The van der Waals surface area contributed by atoms with Gasteiger partial charge in [-0.15, -0.1) is 10.2 Å². The molecule has 0 spiro atoms. The minimum absolute atomic E-state index is 0. The number of nitrogens with one attached hydrogen (secondary N) is 2. The monoisotopic (exact) mass is 996 g/mol. The number of azo groups is 2. The summed E-state index contributed by atoms with van der Waals surface area (Å²) in [7, 11) is -19.6. The Morgan fingerprint density at radius 2 is 0.771 bits per heavy atom. The molecule has 8 aromatic carbocycles. The van der Waals surface area contributed by atoms with E-state index in [2.05, 4.69) is 31.1 Å². The number of benzene rings is 8. The van der Waals surface area contributed by atoms with Crippen molar-refractivity contribution < 1.29 is 142 Å². The van der Waals surface area contributed by atoms with Crippen LogP contribution in [0.1, 0.15) is 0 Å². The molecule has 0 aliphatic heterocycles. The molecular weight excluding hydrogens is 973 g/mol. The number of rotatable bonds is 10. The van der Waals surface area contributed by atoms with Crippen LogP contribution in [0.5, 0.6) is 11.5 Å². The smallest absolute Gasteiger partial charge is 0.871 e. The molecule has 0 unspecified atom stereocenters. The van der Waals surface area contributed by atoms with Gasteiger partial charge in [-0.05, 0) is 128 Å². The molecule has 0 radical (unpaired) electrons. The van der Waals surface area contributed by atoms with Crippen LogP contribution in [0.3, 0.4) is 0 Å². The quantitative estimate of drug-likeness (QED) is 0.0568. The average Bonchev–Trinajstić information content (AvgIpc) is 3.23. The van der Waals surface area contributed by atoms with E-state index in [1.807, 2.05) is 0 Å². The summed E-state index contributed by atoms with van der Waals surface area (Å²) >= 11 is 0. The third kappa shape index (κ3) is 12.5. The maximum absolute atomic E-state index is 13.5. The molecule has 0 atom stereocenters. The van der Waals surface area contributed by atoms with Crippen LogP contribution in [0.25, 0.3) is 43.1 Å². The minimum Gasteiger partial charge on any atom is -0.871 e. The second-order valence-electron chi connectivity index (χ2n) is 14.2. The van der Waals surface area contributed by atoms with Gasteiger partial charge in [0.05, 0.1) is 32.5 Å². The normalized spacial score (nSPS) is 12.1. The average molecular weight is 997 g/mol. The Hall–Kier alpha value is -5.10. The molecular formula is C41H24Li4N6O15S4. The number of urea groups is 1. The van der Waals surface area contributed by atoms with E-state index in [0.29, 0.717) is 21.5 Å². The summed E-state index contributed by atoms with van der Waals surface area (Å²) < 4.78 is 138. The van der Waals surface area contributed by atoms with Crippen molar-refractivity contribution in [2.45, 2.75) is 19.6 Å². The van der Waals surface area contributed by atoms with Gasteiger partial charge in [0.2, 0.25) is 0 Å². The van der Waals surface area contributed by atoms with E-state index in [4.69, 9.17) is 0 Å². The Kier molecular flexibility index (Phi) is 17.8. The summed E-state index contributed by atoms with van der Waals surface area (Å²) in [6, 6.07) is 24.1. The topological polar surface area (TPSA) is 360 Å². The van der Waals surface area contributed by atoms with Crippen LogP contribution >= 0.6 is 0 Å². The second kappa shape index (κ2) is 21.7. The van der Waals surface area contributed by atoms with Crippen molar-refractivity contribution in [2.75, 3.05) is 10.6 Å². The van der Waals surface area contributed by atoms with Gasteiger partial charge in [-0.2, -0.15) is 27.1 Å². The van der Waals surface area contributed by atoms with E-state index in [1.54, 1.807) is 0 Å². The number of carbonyl (C=O) groups excluding carboxylic acids is 1. The number of nitrogens with zero attached hydrogens (tertiary/aromatic N) is 4. The van der Waals surface area contributed by atoms with Gasteiger partial charge in [0.25, 0.3) is 20.2 Å². The van der Waals surface area contributed by atoms with Crippen LogP contribution in [0.2, 0.25) is 0 Å². The molecule has 336 valence electrons. The molecule has 0 aliphatic rings. The summed E-state index contributed by atoms with van der Waals surface area (Å²) in [5.41, 5.74) is -1.25. The predicted octanol–water partition coefficient (Wildman–Crippen LogP) is -4.76. The van der Waals surface area contributed by atoms with Gasteiger partial charge in [-0.25, -0.2) is 21.6 Å². The fourth-order valence-electron chi connectivity index (χ4n) is 6.78. The van der Waals surface area contributed by atoms with Gasteiger partial charge >= 0.3 is 81.5 Å². The van der Waals surface area contributed by atoms with Crippen LogP contribution in [0.4, 0.5) is 38.9 Å². The van der Waals surface area contributed by atoms with E-state index in [1.165, 1.54) is 84.9 Å². The van der Waals surface area contributed by atoms with E-state index < -0.39 is 89.0 Å². The van der Waals surface area contributed by atoms with Crippen molar-refractivity contribution in [1.29, 1.82) is 0 Å². The number of hydrogen-bond donors (Lipinski definition) is 4. The zero-order valence-corrected chi connectivity index (χ0v) is 39.9. The van der Waals surface area contributed by atoms with E-state index >= 15 is 0 Å². The molecule has 29 heteroatoms. The predicted molar refractivity (Wildman–Crippen MR) is 231 cm³/mol. The van der Waals surface area contributed by atoms with Gasteiger partial charge in [-0.1, -0.05) is 47.9 Å². The zero-order valence-electron chi connectivity index (χ0n) is 36.7. The number of anilines is 2.